The number of carbonyl (C=O) groups is 1. The molecular formula is C13H18N2O4. The summed E-state index contributed by atoms with van der Waals surface area (Å²) < 4.78 is 0. The molecule has 0 heterocycles. The van der Waals surface area contributed by atoms with Crippen molar-refractivity contribution < 1.29 is 14.8 Å². The molecule has 0 aliphatic carbocycles. The summed E-state index contributed by atoms with van der Waals surface area (Å²) in [6.07, 6.45) is 0. The van der Waals surface area contributed by atoms with Crippen LogP contribution >= 0.6 is 0 Å². The standard InChI is InChI=1S/C13H18N2O4/c1-8-4-5-12(15(18)19)11(6-8)13(17)14-10(3)9(2)7-16/h4-6,9-10,16H,7H2,1-3H3,(H,14,17). The number of rotatable bonds is 5. The minimum absolute atomic E-state index is 0.0435. The third kappa shape index (κ3) is 3.75. The Morgan fingerprint density at radius 2 is 2.11 bits per heavy atom. The van der Waals surface area contributed by atoms with Gasteiger partial charge in [0.1, 0.15) is 5.56 Å². The molecule has 6 nitrogen and oxygen atoms in total. The number of nitro groups is 1. The lowest BCUT2D eigenvalue weighted by atomic mass is 10.0. The number of hydrogen-bond donors (Lipinski definition) is 2. The molecule has 2 unspecified atom stereocenters. The predicted octanol–water partition coefficient (Wildman–Crippen LogP) is 1.65. The molecule has 19 heavy (non-hydrogen) atoms. The van der Waals surface area contributed by atoms with Crippen LogP contribution in [0.1, 0.15) is 29.8 Å². The first-order valence-electron chi connectivity index (χ1n) is 6.03. The number of amides is 1. The van der Waals surface area contributed by atoms with Gasteiger partial charge in [-0.1, -0.05) is 13.0 Å². The number of benzene rings is 1. The molecule has 0 aliphatic heterocycles. The molecule has 0 saturated carbocycles. The second-order valence-corrected chi connectivity index (χ2v) is 4.70. The minimum Gasteiger partial charge on any atom is -0.396 e. The fourth-order valence-electron chi connectivity index (χ4n) is 1.58. The van der Waals surface area contributed by atoms with Crippen LogP contribution in [0.15, 0.2) is 18.2 Å². The summed E-state index contributed by atoms with van der Waals surface area (Å²) in [5, 5.41) is 22.6. The maximum atomic E-state index is 12.1. The number of hydrogen-bond acceptors (Lipinski definition) is 4. The van der Waals surface area contributed by atoms with Gasteiger partial charge in [0.15, 0.2) is 0 Å². The molecule has 1 amide bonds. The lowest BCUT2D eigenvalue weighted by molar-refractivity contribution is -0.385. The quantitative estimate of drug-likeness (QED) is 0.626. The first-order chi connectivity index (χ1) is 8.86. The van der Waals surface area contributed by atoms with Gasteiger partial charge in [-0.15, -0.1) is 0 Å². The Bertz CT molecular complexity index is 488. The summed E-state index contributed by atoms with van der Waals surface area (Å²) in [5.41, 5.74) is 0.604. The maximum absolute atomic E-state index is 12.1. The van der Waals surface area contributed by atoms with Gasteiger partial charge in [-0.3, -0.25) is 14.9 Å². The number of carbonyl (C=O) groups excluding carboxylic acids is 1. The maximum Gasteiger partial charge on any atom is 0.282 e. The molecule has 0 radical (unpaired) electrons. The highest BCUT2D eigenvalue weighted by molar-refractivity contribution is 5.98. The highest BCUT2D eigenvalue weighted by Crippen LogP contribution is 2.20. The van der Waals surface area contributed by atoms with Crippen LogP contribution in [0.4, 0.5) is 5.69 Å². The topological polar surface area (TPSA) is 92.5 Å². The van der Waals surface area contributed by atoms with Gasteiger partial charge in [-0.05, 0) is 31.4 Å². The van der Waals surface area contributed by atoms with Gasteiger partial charge >= 0.3 is 0 Å². The van der Waals surface area contributed by atoms with Gasteiger partial charge in [0.05, 0.1) is 4.92 Å². The average Bonchev–Trinajstić information content (AvgIpc) is 2.36. The van der Waals surface area contributed by atoms with Crippen molar-refractivity contribution in [2.75, 3.05) is 6.61 Å². The molecule has 0 fully saturated rings. The molecule has 2 atom stereocenters. The molecular weight excluding hydrogens is 248 g/mol. The molecule has 1 rings (SSSR count). The van der Waals surface area contributed by atoms with Gasteiger partial charge in [0.2, 0.25) is 0 Å². The summed E-state index contributed by atoms with van der Waals surface area (Å²) in [4.78, 5) is 22.4. The van der Waals surface area contributed by atoms with Crippen molar-refractivity contribution >= 4 is 11.6 Å². The molecule has 0 spiro atoms. The normalized spacial score (nSPS) is 13.7. The van der Waals surface area contributed by atoms with Crippen molar-refractivity contribution in [1.82, 2.24) is 5.32 Å². The summed E-state index contributed by atoms with van der Waals surface area (Å²) in [5.74, 6) is -0.615. The Balaban J connectivity index is 2.99. The van der Waals surface area contributed by atoms with Crippen LogP contribution in [0, 0.1) is 23.0 Å². The summed E-state index contributed by atoms with van der Waals surface area (Å²) in [7, 11) is 0. The van der Waals surface area contributed by atoms with Crippen molar-refractivity contribution in [2.45, 2.75) is 26.8 Å². The Labute approximate surface area is 111 Å². The van der Waals surface area contributed by atoms with E-state index in [1.54, 1.807) is 26.8 Å². The molecule has 0 bridgehead atoms. The van der Waals surface area contributed by atoms with E-state index in [0.29, 0.717) is 0 Å². The highest BCUT2D eigenvalue weighted by Gasteiger charge is 2.22. The van der Waals surface area contributed by atoms with Crippen LogP contribution in [0.2, 0.25) is 0 Å². The minimum atomic E-state index is -0.575. The Morgan fingerprint density at radius 3 is 2.63 bits per heavy atom. The van der Waals surface area contributed by atoms with E-state index in [1.807, 2.05) is 0 Å². The van der Waals surface area contributed by atoms with Gasteiger partial charge < -0.3 is 10.4 Å². The highest BCUT2D eigenvalue weighted by atomic mass is 16.6. The van der Waals surface area contributed by atoms with Gasteiger partial charge in [0.25, 0.3) is 11.6 Å². The largest absolute Gasteiger partial charge is 0.396 e. The third-order valence-corrected chi connectivity index (χ3v) is 3.09. The zero-order valence-electron chi connectivity index (χ0n) is 11.2. The number of aryl methyl sites for hydroxylation is 1. The molecule has 0 aliphatic rings. The fraction of sp³-hybridized carbons (Fsp3) is 0.462. The van der Waals surface area contributed by atoms with Crippen LogP contribution in [-0.2, 0) is 0 Å². The molecule has 1 aromatic carbocycles. The molecule has 0 aromatic heterocycles. The fourth-order valence-corrected chi connectivity index (χ4v) is 1.58. The van der Waals surface area contributed by atoms with Crippen molar-refractivity contribution in [3.05, 3.63) is 39.4 Å². The molecule has 1 aromatic rings. The zero-order valence-corrected chi connectivity index (χ0v) is 11.2. The van der Waals surface area contributed by atoms with E-state index >= 15 is 0 Å². The first-order valence-corrected chi connectivity index (χ1v) is 6.03. The molecule has 0 saturated heterocycles. The Morgan fingerprint density at radius 1 is 1.47 bits per heavy atom. The number of nitrogens with one attached hydrogen (secondary N) is 1. The van der Waals surface area contributed by atoms with Crippen molar-refractivity contribution in [1.29, 1.82) is 0 Å². The van der Waals surface area contributed by atoms with E-state index < -0.39 is 10.8 Å². The third-order valence-electron chi connectivity index (χ3n) is 3.09. The van der Waals surface area contributed by atoms with Gasteiger partial charge in [-0.2, -0.15) is 0 Å². The van der Waals surface area contributed by atoms with Gasteiger partial charge in [-0.25, -0.2) is 0 Å². The van der Waals surface area contributed by atoms with Crippen molar-refractivity contribution in [3.8, 4) is 0 Å². The number of aliphatic hydroxyl groups is 1. The molecule has 104 valence electrons. The van der Waals surface area contributed by atoms with E-state index in [4.69, 9.17) is 5.11 Å². The number of nitro benzene ring substituents is 1. The second kappa shape index (κ2) is 6.29. The summed E-state index contributed by atoms with van der Waals surface area (Å²) in [6, 6.07) is 4.14. The van der Waals surface area contributed by atoms with Crippen molar-refractivity contribution in [3.63, 3.8) is 0 Å². The Kier molecular flexibility index (Phi) is 5.00. The molecule has 2 N–H and O–H groups in total. The Hall–Kier alpha value is -1.95. The van der Waals surface area contributed by atoms with Gasteiger partial charge in [0, 0.05) is 18.7 Å². The zero-order chi connectivity index (χ0) is 14.6. The van der Waals surface area contributed by atoms with Crippen molar-refractivity contribution in [2.24, 2.45) is 5.92 Å². The van der Waals surface area contributed by atoms with Crippen LogP contribution in [0.25, 0.3) is 0 Å². The average molecular weight is 266 g/mol. The second-order valence-electron chi connectivity index (χ2n) is 4.70. The van der Waals surface area contributed by atoms with Crippen LogP contribution < -0.4 is 5.32 Å². The number of aliphatic hydroxyl groups excluding tert-OH is 1. The monoisotopic (exact) mass is 266 g/mol. The van der Waals surface area contributed by atoms with Crippen LogP contribution in [0.5, 0.6) is 0 Å². The number of nitrogens with zero attached hydrogens (tertiary/aromatic N) is 1. The summed E-state index contributed by atoms with van der Waals surface area (Å²) >= 11 is 0. The smallest absolute Gasteiger partial charge is 0.282 e. The molecule has 6 heteroatoms. The lowest BCUT2D eigenvalue weighted by Gasteiger charge is -2.19. The summed E-state index contributed by atoms with van der Waals surface area (Å²) in [6.45, 7) is 5.24. The van der Waals surface area contributed by atoms with E-state index in [1.165, 1.54) is 12.1 Å². The SMILES string of the molecule is Cc1ccc([N+](=O)[O-])c(C(=O)NC(C)C(C)CO)c1. The van der Waals surface area contributed by atoms with E-state index in [0.717, 1.165) is 5.56 Å². The first kappa shape index (κ1) is 15.1. The van der Waals surface area contributed by atoms with Crippen LogP contribution in [0.3, 0.4) is 0 Å². The van der Waals surface area contributed by atoms with Crippen LogP contribution in [-0.4, -0.2) is 28.6 Å². The van der Waals surface area contributed by atoms with E-state index in [-0.39, 0.29) is 29.8 Å². The lowest BCUT2D eigenvalue weighted by Crippen LogP contribution is -2.38. The van der Waals surface area contributed by atoms with E-state index in [9.17, 15) is 14.9 Å². The predicted molar refractivity (Wildman–Crippen MR) is 71.0 cm³/mol. The van der Waals surface area contributed by atoms with E-state index in [2.05, 4.69) is 5.32 Å².